The van der Waals surface area contributed by atoms with E-state index in [9.17, 15) is 9.59 Å². The Morgan fingerprint density at radius 3 is 1.54 bits per heavy atom. The smallest absolute Gasteiger partial charge is 0.320 e. The highest BCUT2D eigenvalue weighted by atomic mass is 16.4. The summed E-state index contributed by atoms with van der Waals surface area (Å²) in [5.41, 5.74) is 1.96. The molecule has 0 aliphatic rings. The van der Waals surface area contributed by atoms with E-state index in [0.717, 1.165) is 11.1 Å². The molecule has 0 amide bonds. The first-order valence-electron chi connectivity index (χ1n) is 8.10. The van der Waals surface area contributed by atoms with Crippen LogP contribution in [-0.4, -0.2) is 44.2 Å². The third kappa shape index (κ3) is 8.86. The van der Waals surface area contributed by atoms with Crippen molar-refractivity contribution in [2.24, 2.45) is 0 Å². The SMILES string of the molecule is C[C@H](NCc1cccnc1)C(=O)O.C[C@H](NCc1cccnc1)C(=O)O. The third-order valence-electron chi connectivity index (χ3n) is 3.41. The van der Waals surface area contributed by atoms with Gasteiger partial charge in [-0.25, -0.2) is 0 Å². The molecule has 0 spiro atoms. The fraction of sp³-hybridized carbons (Fsp3) is 0.333. The molecule has 0 aromatic carbocycles. The van der Waals surface area contributed by atoms with E-state index in [1.807, 2.05) is 24.3 Å². The van der Waals surface area contributed by atoms with Crippen LogP contribution < -0.4 is 10.6 Å². The molecule has 0 aliphatic heterocycles. The lowest BCUT2D eigenvalue weighted by Crippen LogP contribution is -2.33. The van der Waals surface area contributed by atoms with Crippen molar-refractivity contribution < 1.29 is 19.8 Å². The lowest BCUT2D eigenvalue weighted by molar-refractivity contribution is -0.140. The Bertz CT molecular complexity index is 608. The monoisotopic (exact) mass is 360 g/mol. The Labute approximate surface area is 152 Å². The summed E-state index contributed by atoms with van der Waals surface area (Å²) in [6.07, 6.45) is 6.79. The van der Waals surface area contributed by atoms with Gasteiger partial charge in [0, 0.05) is 37.9 Å². The first-order valence-corrected chi connectivity index (χ1v) is 8.10. The molecule has 0 saturated heterocycles. The standard InChI is InChI=1S/2C9H12N2O2/c2*1-7(9(12)13)11-6-8-3-2-4-10-5-8/h2*2-5,7,11H,6H2,1H3,(H,12,13)/t2*7-/m00/s1. The number of aromatic nitrogens is 2. The minimum Gasteiger partial charge on any atom is -0.480 e. The van der Waals surface area contributed by atoms with Gasteiger partial charge in [-0.3, -0.25) is 19.6 Å². The molecule has 2 rings (SSSR count). The molecule has 2 atom stereocenters. The molecule has 26 heavy (non-hydrogen) atoms. The minimum atomic E-state index is -0.844. The number of aliphatic carboxylic acids is 2. The minimum absolute atomic E-state index is 0.528. The summed E-state index contributed by atoms with van der Waals surface area (Å²) in [6, 6.07) is 6.38. The Morgan fingerprint density at radius 1 is 0.885 bits per heavy atom. The van der Waals surface area contributed by atoms with Crippen molar-refractivity contribution in [3.05, 3.63) is 60.2 Å². The van der Waals surface area contributed by atoms with E-state index in [1.165, 1.54) is 0 Å². The molecule has 2 aromatic heterocycles. The maximum Gasteiger partial charge on any atom is 0.320 e. The molecule has 0 saturated carbocycles. The van der Waals surface area contributed by atoms with Gasteiger partial charge in [0.05, 0.1) is 0 Å². The van der Waals surface area contributed by atoms with Gasteiger partial charge in [-0.15, -0.1) is 0 Å². The van der Waals surface area contributed by atoms with Gasteiger partial charge in [0.1, 0.15) is 12.1 Å². The fourth-order valence-electron chi connectivity index (χ4n) is 1.72. The Balaban J connectivity index is 0.000000260. The Kier molecular flexibility index (Phi) is 9.52. The second kappa shape index (κ2) is 11.7. The van der Waals surface area contributed by atoms with E-state index in [4.69, 9.17) is 10.2 Å². The number of carboxylic acids is 2. The summed E-state index contributed by atoms with van der Waals surface area (Å²) in [4.78, 5) is 28.7. The molecular weight excluding hydrogens is 336 g/mol. The van der Waals surface area contributed by atoms with Gasteiger partial charge < -0.3 is 20.8 Å². The predicted molar refractivity (Wildman–Crippen MR) is 96.3 cm³/mol. The molecule has 0 radical (unpaired) electrons. The normalized spacial score (nSPS) is 12.4. The molecule has 0 unspecified atom stereocenters. The zero-order valence-corrected chi connectivity index (χ0v) is 14.8. The first-order chi connectivity index (χ1) is 12.4. The quantitative estimate of drug-likeness (QED) is 0.555. The summed E-state index contributed by atoms with van der Waals surface area (Å²) in [6.45, 7) is 4.28. The highest BCUT2D eigenvalue weighted by Crippen LogP contribution is 1.96. The molecule has 8 nitrogen and oxygen atoms in total. The average Bonchev–Trinajstić information content (AvgIpc) is 2.66. The van der Waals surface area contributed by atoms with Gasteiger partial charge in [0.2, 0.25) is 0 Å². The molecule has 0 fully saturated rings. The van der Waals surface area contributed by atoms with E-state index in [-0.39, 0.29) is 0 Å². The van der Waals surface area contributed by atoms with Crippen molar-refractivity contribution in [2.45, 2.75) is 39.0 Å². The number of carboxylic acid groups (broad SMARTS) is 2. The zero-order chi connectivity index (χ0) is 19.4. The summed E-state index contributed by atoms with van der Waals surface area (Å²) >= 11 is 0. The van der Waals surface area contributed by atoms with Crippen LogP contribution >= 0.6 is 0 Å². The number of nitrogens with one attached hydrogen (secondary N) is 2. The predicted octanol–water partition coefficient (Wildman–Crippen LogP) is 1.29. The van der Waals surface area contributed by atoms with Crippen molar-refractivity contribution in [3.63, 3.8) is 0 Å². The largest absolute Gasteiger partial charge is 0.480 e. The van der Waals surface area contributed by atoms with Crippen molar-refractivity contribution in [1.29, 1.82) is 0 Å². The maximum atomic E-state index is 10.4. The third-order valence-corrected chi connectivity index (χ3v) is 3.41. The van der Waals surface area contributed by atoms with Crippen molar-refractivity contribution in [1.82, 2.24) is 20.6 Å². The number of hydrogen-bond donors (Lipinski definition) is 4. The molecule has 8 heteroatoms. The fourth-order valence-corrected chi connectivity index (χ4v) is 1.72. The van der Waals surface area contributed by atoms with Gasteiger partial charge in [-0.2, -0.15) is 0 Å². The Hall–Kier alpha value is -2.84. The van der Waals surface area contributed by atoms with E-state index in [1.54, 1.807) is 38.6 Å². The molecule has 0 bridgehead atoms. The number of carbonyl (C=O) groups is 2. The maximum absolute atomic E-state index is 10.4. The molecular formula is C18H24N4O4. The van der Waals surface area contributed by atoms with E-state index >= 15 is 0 Å². The number of nitrogens with zero attached hydrogens (tertiary/aromatic N) is 2. The highest BCUT2D eigenvalue weighted by Gasteiger charge is 2.09. The summed E-state index contributed by atoms with van der Waals surface area (Å²) in [7, 11) is 0. The van der Waals surface area contributed by atoms with Crippen molar-refractivity contribution >= 4 is 11.9 Å². The zero-order valence-electron chi connectivity index (χ0n) is 14.8. The number of hydrogen-bond acceptors (Lipinski definition) is 6. The van der Waals surface area contributed by atoms with Crippen LogP contribution in [0.25, 0.3) is 0 Å². The van der Waals surface area contributed by atoms with Crippen molar-refractivity contribution in [3.8, 4) is 0 Å². The van der Waals surface area contributed by atoms with Crippen LogP contribution in [0.1, 0.15) is 25.0 Å². The van der Waals surface area contributed by atoms with E-state index in [0.29, 0.717) is 13.1 Å². The summed E-state index contributed by atoms with van der Waals surface area (Å²) in [5, 5.41) is 22.9. The molecule has 2 heterocycles. The lowest BCUT2D eigenvalue weighted by Gasteiger charge is -2.07. The average molecular weight is 360 g/mol. The van der Waals surface area contributed by atoms with Gasteiger partial charge >= 0.3 is 11.9 Å². The van der Waals surface area contributed by atoms with E-state index in [2.05, 4.69) is 20.6 Å². The van der Waals surface area contributed by atoms with Crippen LogP contribution in [0.3, 0.4) is 0 Å². The molecule has 0 aliphatic carbocycles. The molecule has 4 N–H and O–H groups in total. The lowest BCUT2D eigenvalue weighted by atomic mass is 10.2. The van der Waals surface area contributed by atoms with Crippen LogP contribution in [-0.2, 0) is 22.7 Å². The van der Waals surface area contributed by atoms with Gasteiger partial charge in [0.15, 0.2) is 0 Å². The summed E-state index contributed by atoms with van der Waals surface area (Å²) in [5.74, 6) is -1.69. The first kappa shape index (κ1) is 21.2. The van der Waals surface area contributed by atoms with E-state index < -0.39 is 24.0 Å². The van der Waals surface area contributed by atoms with Crippen LogP contribution in [0, 0.1) is 0 Å². The number of rotatable bonds is 8. The van der Waals surface area contributed by atoms with Crippen molar-refractivity contribution in [2.75, 3.05) is 0 Å². The highest BCUT2D eigenvalue weighted by molar-refractivity contribution is 5.73. The topological polar surface area (TPSA) is 124 Å². The number of pyridine rings is 2. The van der Waals surface area contributed by atoms with Gasteiger partial charge in [-0.1, -0.05) is 12.1 Å². The Morgan fingerprint density at radius 2 is 1.27 bits per heavy atom. The van der Waals surface area contributed by atoms with Crippen LogP contribution in [0.2, 0.25) is 0 Å². The second-order valence-electron chi connectivity index (χ2n) is 5.60. The van der Waals surface area contributed by atoms with Gasteiger partial charge in [0.25, 0.3) is 0 Å². The van der Waals surface area contributed by atoms with Crippen LogP contribution in [0.5, 0.6) is 0 Å². The molecule has 140 valence electrons. The second-order valence-corrected chi connectivity index (χ2v) is 5.60. The van der Waals surface area contributed by atoms with Crippen LogP contribution in [0.15, 0.2) is 49.1 Å². The van der Waals surface area contributed by atoms with Gasteiger partial charge in [-0.05, 0) is 37.1 Å². The summed E-state index contributed by atoms with van der Waals surface area (Å²) < 4.78 is 0. The van der Waals surface area contributed by atoms with Crippen LogP contribution in [0.4, 0.5) is 0 Å². The molecule has 2 aromatic rings.